The molecule has 1 aromatic rings. The molecule has 8 heteroatoms. The molecule has 5 nitrogen and oxygen atoms in total. The van der Waals surface area contributed by atoms with Crippen LogP contribution in [0.3, 0.4) is 0 Å². The largest absolute Gasteiger partial charge is 0.398 e. The predicted molar refractivity (Wildman–Crippen MR) is 79.9 cm³/mol. The van der Waals surface area contributed by atoms with E-state index in [2.05, 4.69) is 0 Å². The van der Waals surface area contributed by atoms with Crippen molar-refractivity contribution >= 4 is 42.2 Å². The van der Waals surface area contributed by atoms with E-state index in [0.717, 1.165) is 0 Å². The Morgan fingerprint density at radius 2 is 1.53 bits per heavy atom. The van der Waals surface area contributed by atoms with E-state index in [1.165, 1.54) is 0 Å². The van der Waals surface area contributed by atoms with Crippen LogP contribution in [0.15, 0.2) is 18.2 Å². The third-order valence-electron chi connectivity index (χ3n) is 2.33. The van der Waals surface area contributed by atoms with Gasteiger partial charge in [-0.15, -0.1) is 23.2 Å². The van der Waals surface area contributed by atoms with Gasteiger partial charge in [0.15, 0.2) is 0 Å². The summed E-state index contributed by atoms with van der Waals surface area (Å²) in [4.78, 5) is 0. The van der Waals surface area contributed by atoms with E-state index >= 15 is 0 Å². The molecule has 0 aliphatic rings. The Labute approximate surface area is 122 Å². The second-order valence-corrected chi connectivity index (χ2v) is 6.54. The number of hydrogen-bond donors (Lipinski definition) is 2. The van der Waals surface area contributed by atoms with E-state index in [4.69, 9.17) is 43.7 Å². The summed E-state index contributed by atoms with van der Waals surface area (Å²) in [6.07, 6.45) is -0.000710. The zero-order valence-corrected chi connectivity index (χ0v) is 12.8. The van der Waals surface area contributed by atoms with E-state index in [-0.39, 0.29) is 31.1 Å². The highest BCUT2D eigenvalue weighted by atomic mass is 35.5. The van der Waals surface area contributed by atoms with Crippen molar-refractivity contribution in [1.82, 2.24) is 0 Å². The number of anilines is 2. The van der Waals surface area contributed by atoms with Gasteiger partial charge in [0.2, 0.25) is 0 Å². The molecule has 0 aliphatic heterocycles. The van der Waals surface area contributed by atoms with E-state index in [1.807, 2.05) is 0 Å². The SMILES string of the molecule is Nc1cccc(N)c1CP(=O)(OCCCl)OCCCl. The Balaban J connectivity index is 2.90. The van der Waals surface area contributed by atoms with Crippen LogP contribution in [0.2, 0.25) is 0 Å². The van der Waals surface area contributed by atoms with Gasteiger partial charge in [-0.05, 0) is 12.1 Å². The number of nitrogen functional groups attached to an aromatic ring is 2. The second-order valence-electron chi connectivity index (χ2n) is 3.73. The van der Waals surface area contributed by atoms with Gasteiger partial charge in [-0.2, -0.15) is 0 Å². The smallest absolute Gasteiger partial charge is 0.335 e. The van der Waals surface area contributed by atoms with Gasteiger partial charge in [0.25, 0.3) is 0 Å². The van der Waals surface area contributed by atoms with Crippen LogP contribution in [0.25, 0.3) is 0 Å². The van der Waals surface area contributed by atoms with E-state index in [1.54, 1.807) is 18.2 Å². The Hall–Kier alpha value is -0.450. The fourth-order valence-corrected chi connectivity index (χ4v) is 3.59. The van der Waals surface area contributed by atoms with Crippen molar-refractivity contribution in [3.05, 3.63) is 23.8 Å². The van der Waals surface area contributed by atoms with Crippen molar-refractivity contribution in [3.63, 3.8) is 0 Å². The van der Waals surface area contributed by atoms with Crippen LogP contribution in [-0.4, -0.2) is 25.0 Å². The molecule has 0 aliphatic carbocycles. The lowest BCUT2D eigenvalue weighted by molar-refractivity contribution is 0.221. The molecule has 4 N–H and O–H groups in total. The second kappa shape index (κ2) is 7.98. The fraction of sp³-hybridized carbons (Fsp3) is 0.455. The monoisotopic (exact) mass is 326 g/mol. The summed E-state index contributed by atoms with van der Waals surface area (Å²) in [7, 11) is -3.36. The molecule has 0 atom stereocenters. The highest BCUT2D eigenvalue weighted by molar-refractivity contribution is 7.53. The molecule has 0 amide bonds. The van der Waals surface area contributed by atoms with Gasteiger partial charge in [-0.25, -0.2) is 0 Å². The standard InChI is InChI=1S/C11H17Cl2N2O3P/c12-4-6-17-19(16,18-7-5-13)8-9-10(14)2-1-3-11(9)15/h1-3H,4-8,14-15H2. The number of hydrogen-bond acceptors (Lipinski definition) is 5. The van der Waals surface area contributed by atoms with Crippen molar-refractivity contribution in [2.45, 2.75) is 6.16 Å². The van der Waals surface area contributed by atoms with Gasteiger partial charge in [-0.3, -0.25) is 4.57 Å². The average molecular weight is 327 g/mol. The Morgan fingerprint density at radius 1 is 1.05 bits per heavy atom. The van der Waals surface area contributed by atoms with Gasteiger partial charge in [0.05, 0.1) is 19.4 Å². The molecule has 19 heavy (non-hydrogen) atoms. The molecule has 0 unspecified atom stereocenters. The summed E-state index contributed by atoms with van der Waals surface area (Å²) in [6, 6.07) is 5.08. The maximum Gasteiger partial charge on any atom is 0.335 e. The van der Waals surface area contributed by atoms with Gasteiger partial charge in [0.1, 0.15) is 0 Å². The first kappa shape index (κ1) is 16.6. The zero-order valence-electron chi connectivity index (χ0n) is 10.4. The molecule has 0 fully saturated rings. The van der Waals surface area contributed by atoms with Gasteiger partial charge in [0, 0.05) is 28.7 Å². The molecule has 1 rings (SSSR count). The van der Waals surface area contributed by atoms with Crippen LogP contribution in [-0.2, 0) is 19.8 Å². The van der Waals surface area contributed by atoms with Crippen molar-refractivity contribution < 1.29 is 13.6 Å². The summed E-state index contributed by atoms with van der Waals surface area (Å²) in [5.74, 6) is 0.432. The third-order valence-corrected chi connectivity index (χ3v) is 4.49. The van der Waals surface area contributed by atoms with Crippen molar-refractivity contribution in [3.8, 4) is 0 Å². The highest BCUT2D eigenvalue weighted by Crippen LogP contribution is 2.52. The first-order valence-electron chi connectivity index (χ1n) is 5.65. The maximum atomic E-state index is 12.5. The fourth-order valence-electron chi connectivity index (χ4n) is 1.48. The van der Waals surface area contributed by atoms with Crippen molar-refractivity contribution in [2.75, 3.05) is 36.4 Å². The topological polar surface area (TPSA) is 87.6 Å². The van der Waals surface area contributed by atoms with Crippen LogP contribution >= 0.6 is 30.8 Å². The molecule has 1 aromatic carbocycles. The lowest BCUT2D eigenvalue weighted by Gasteiger charge is -2.19. The predicted octanol–water partition coefficient (Wildman–Crippen LogP) is 3.05. The van der Waals surface area contributed by atoms with Crippen LogP contribution in [0.1, 0.15) is 5.56 Å². The molecule has 0 bridgehead atoms. The highest BCUT2D eigenvalue weighted by Gasteiger charge is 2.27. The lowest BCUT2D eigenvalue weighted by atomic mass is 10.2. The zero-order chi connectivity index (χ0) is 14.3. The summed E-state index contributed by atoms with van der Waals surface area (Å²) < 4.78 is 23.0. The Kier molecular flexibility index (Phi) is 6.97. The summed E-state index contributed by atoms with van der Waals surface area (Å²) in [5, 5.41) is 0. The van der Waals surface area contributed by atoms with Crippen LogP contribution in [0.5, 0.6) is 0 Å². The maximum absolute atomic E-state index is 12.5. The molecule has 0 heterocycles. The number of halogens is 2. The Morgan fingerprint density at radius 3 is 1.95 bits per heavy atom. The lowest BCUT2D eigenvalue weighted by Crippen LogP contribution is -2.06. The van der Waals surface area contributed by atoms with Crippen LogP contribution in [0, 0.1) is 0 Å². The minimum absolute atomic E-state index is 0.000710. The first-order chi connectivity index (χ1) is 9.02. The minimum atomic E-state index is -3.36. The number of rotatable bonds is 8. The normalized spacial score (nSPS) is 11.7. The molecule has 0 spiro atoms. The number of benzene rings is 1. The number of nitrogens with two attached hydrogens (primary N) is 2. The van der Waals surface area contributed by atoms with E-state index < -0.39 is 7.60 Å². The number of alkyl halides is 2. The minimum Gasteiger partial charge on any atom is -0.398 e. The van der Waals surface area contributed by atoms with Crippen molar-refractivity contribution in [2.24, 2.45) is 0 Å². The van der Waals surface area contributed by atoms with Gasteiger partial charge < -0.3 is 20.5 Å². The van der Waals surface area contributed by atoms with Crippen LogP contribution in [0.4, 0.5) is 11.4 Å². The molecular formula is C11H17Cl2N2O3P. The molecule has 0 saturated heterocycles. The third kappa shape index (κ3) is 5.21. The van der Waals surface area contributed by atoms with Crippen molar-refractivity contribution in [1.29, 1.82) is 0 Å². The Bertz CT molecular complexity index is 427. The van der Waals surface area contributed by atoms with Gasteiger partial charge >= 0.3 is 7.60 Å². The summed E-state index contributed by atoms with van der Waals surface area (Å²) in [5.41, 5.74) is 13.1. The van der Waals surface area contributed by atoms with E-state index in [9.17, 15) is 4.57 Å². The first-order valence-corrected chi connectivity index (χ1v) is 8.45. The summed E-state index contributed by atoms with van der Waals surface area (Å²) >= 11 is 11.1. The molecule has 0 saturated carbocycles. The summed E-state index contributed by atoms with van der Waals surface area (Å²) in [6.45, 7) is 0.238. The van der Waals surface area contributed by atoms with E-state index in [0.29, 0.717) is 16.9 Å². The molecule has 0 aromatic heterocycles. The quantitative estimate of drug-likeness (QED) is 0.435. The average Bonchev–Trinajstić information content (AvgIpc) is 2.39. The molecule has 0 radical (unpaired) electrons. The molecular weight excluding hydrogens is 310 g/mol. The van der Waals surface area contributed by atoms with Crippen LogP contribution < -0.4 is 11.5 Å². The molecule has 108 valence electrons. The van der Waals surface area contributed by atoms with Gasteiger partial charge in [-0.1, -0.05) is 6.07 Å².